The van der Waals surface area contributed by atoms with Crippen LogP contribution in [-0.4, -0.2) is 4.98 Å². The summed E-state index contributed by atoms with van der Waals surface area (Å²) in [6, 6.07) is 4.16. The fourth-order valence-electron chi connectivity index (χ4n) is 1.36. The van der Waals surface area contributed by atoms with Gasteiger partial charge in [0.05, 0.1) is 11.3 Å². The van der Waals surface area contributed by atoms with Crippen LogP contribution in [0.25, 0.3) is 0 Å². The van der Waals surface area contributed by atoms with Gasteiger partial charge in [-0.25, -0.2) is 0 Å². The summed E-state index contributed by atoms with van der Waals surface area (Å²) in [6.45, 7) is 8.32. The molecule has 0 unspecified atom stereocenters. The predicted octanol–water partition coefficient (Wildman–Crippen LogP) is 3.20. The molecule has 1 rings (SSSR count). The summed E-state index contributed by atoms with van der Waals surface area (Å²) in [5, 5.41) is 8.98. The Kier molecular flexibility index (Phi) is 3.24. The van der Waals surface area contributed by atoms with E-state index in [4.69, 9.17) is 5.26 Å². The van der Waals surface area contributed by atoms with Gasteiger partial charge in [0.1, 0.15) is 6.07 Å². The molecule has 0 N–H and O–H groups in total. The number of pyridine rings is 1. The average molecular weight is 188 g/mol. The van der Waals surface area contributed by atoms with E-state index >= 15 is 0 Å². The van der Waals surface area contributed by atoms with E-state index in [2.05, 4.69) is 38.7 Å². The van der Waals surface area contributed by atoms with E-state index in [1.54, 1.807) is 0 Å². The molecule has 0 aliphatic heterocycles. The van der Waals surface area contributed by atoms with Crippen molar-refractivity contribution in [2.45, 2.75) is 39.5 Å². The Bertz CT molecular complexity index is 359. The maximum atomic E-state index is 8.98. The lowest BCUT2D eigenvalue weighted by Gasteiger charge is -2.10. The first-order valence-corrected chi connectivity index (χ1v) is 4.96. The topological polar surface area (TPSA) is 36.7 Å². The molecule has 2 heteroatoms. The van der Waals surface area contributed by atoms with Crippen LogP contribution in [0.15, 0.2) is 12.3 Å². The Morgan fingerprint density at radius 3 is 2.29 bits per heavy atom. The van der Waals surface area contributed by atoms with Gasteiger partial charge in [0, 0.05) is 6.20 Å². The van der Waals surface area contributed by atoms with Gasteiger partial charge in [0.25, 0.3) is 0 Å². The van der Waals surface area contributed by atoms with Crippen molar-refractivity contribution in [3.63, 3.8) is 0 Å². The smallest absolute Gasteiger partial charge is 0.101 e. The maximum Gasteiger partial charge on any atom is 0.101 e. The number of rotatable bonds is 2. The van der Waals surface area contributed by atoms with Crippen molar-refractivity contribution >= 4 is 0 Å². The third-order valence-electron chi connectivity index (χ3n) is 2.27. The van der Waals surface area contributed by atoms with Gasteiger partial charge >= 0.3 is 0 Å². The van der Waals surface area contributed by atoms with E-state index < -0.39 is 0 Å². The molecule has 0 atom stereocenters. The van der Waals surface area contributed by atoms with E-state index in [9.17, 15) is 0 Å². The second kappa shape index (κ2) is 4.23. The fraction of sp³-hybridized carbons (Fsp3) is 0.500. The minimum Gasteiger partial charge on any atom is -0.259 e. The molecule has 1 aromatic heterocycles. The highest BCUT2D eigenvalue weighted by Crippen LogP contribution is 2.20. The standard InChI is InChI=1S/C12H16N2/c1-8(2)11-5-10(6-13)12(9(3)4)14-7-11/h5,7-9H,1-4H3. The zero-order valence-corrected chi connectivity index (χ0v) is 9.20. The summed E-state index contributed by atoms with van der Waals surface area (Å²) in [5.41, 5.74) is 2.74. The lowest BCUT2D eigenvalue weighted by molar-refractivity contribution is 0.798. The average Bonchev–Trinajstić information content (AvgIpc) is 2.16. The maximum absolute atomic E-state index is 8.98. The Morgan fingerprint density at radius 1 is 1.21 bits per heavy atom. The summed E-state index contributed by atoms with van der Waals surface area (Å²) >= 11 is 0. The van der Waals surface area contributed by atoms with Gasteiger partial charge in [-0.05, 0) is 23.5 Å². The van der Waals surface area contributed by atoms with Crippen molar-refractivity contribution in [1.29, 1.82) is 5.26 Å². The highest BCUT2D eigenvalue weighted by atomic mass is 14.7. The lowest BCUT2D eigenvalue weighted by Crippen LogP contribution is -2.00. The fourth-order valence-corrected chi connectivity index (χ4v) is 1.36. The first kappa shape index (κ1) is 10.7. The molecule has 0 radical (unpaired) electrons. The van der Waals surface area contributed by atoms with Crippen molar-refractivity contribution in [2.24, 2.45) is 0 Å². The Morgan fingerprint density at radius 2 is 1.86 bits per heavy atom. The van der Waals surface area contributed by atoms with Crippen LogP contribution in [0.2, 0.25) is 0 Å². The van der Waals surface area contributed by atoms with Gasteiger partial charge < -0.3 is 0 Å². The summed E-state index contributed by atoms with van der Waals surface area (Å²) in [5.74, 6) is 0.738. The highest BCUT2D eigenvalue weighted by Gasteiger charge is 2.10. The molecule has 0 spiro atoms. The first-order chi connectivity index (χ1) is 6.56. The molecular formula is C12H16N2. The number of hydrogen-bond donors (Lipinski definition) is 0. The van der Waals surface area contributed by atoms with E-state index in [-0.39, 0.29) is 0 Å². The van der Waals surface area contributed by atoms with Gasteiger partial charge in [-0.15, -0.1) is 0 Å². The zero-order chi connectivity index (χ0) is 10.7. The normalized spacial score (nSPS) is 10.6. The summed E-state index contributed by atoms with van der Waals surface area (Å²) < 4.78 is 0. The molecule has 0 saturated heterocycles. The predicted molar refractivity (Wildman–Crippen MR) is 57.1 cm³/mol. The number of aromatic nitrogens is 1. The van der Waals surface area contributed by atoms with Crippen molar-refractivity contribution < 1.29 is 0 Å². The second-order valence-electron chi connectivity index (χ2n) is 4.12. The first-order valence-electron chi connectivity index (χ1n) is 4.96. The largest absolute Gasteiger partial charge is 0.259 e. The molecular weight excluding hydrogens is 172 g/mol. The van der Waals surface area contributed by atoms with Crippen LogP contribution in [-0.2, 0) is 0 Å². The Labute approximate surface area is 85.6 Å². The van der Waals surface area contributed by atoms with Crippen LogP contribution < -0.4 is 0 Å². The monoisotopic (exact) mass is 188 g/mol. The molecule has 14 heavy (non-hydrogen) atoms. The SMILES string of the molecule is CC(C)c1cnc(C(C)C)c(C#N)c1. The quantitative estimate of drug-likeness (QED) is 0.714. The number of hydrogen-bond acceptors (Lipinski definition) is 2. The lowest BCUT2D eigenvalue weighted by atomic mass is 9.99. The van der Waals surface area contributed by atoms with Gasteiger partial charge in [-0.1, -0.05) is 27.7 Å². The van der Waals surface area contributed by atoms with Crippen LogP contribution >= 0.6 is 0 Å². The minimum atomic E-state index is 0.311. The molecule has 2 nitrogen and oxygen atoms in total. The van der Waals surface area contributed by atoms with Crippen LogP contribution in [0.1, 0.15) is 56.4 Å². The molecule has 1 heterocycles. The summed E-state index contributed by atoms with van der Waals surface area (Å²) in [6.07, 6.45) is 1.88. The second-order valence-corrected chi connectivity index (χ2v) is 4.12. The molecule has 1 aromatic rings. The third kappa shape index (κ3) is 2.11. The van der Waals surface area contributed by atoms with Gasteiger partial charge in [0.15, 0.2) is 0 Å². The number of nitrogens with zero attached hydrogens (tertiary/aromatic N) is 2. The van der Waals surface area contributed by atoms with Crippen LogP contribution in [0.3, 0.4) is 0 Å². The molecule has 0 saturated carbocycles. The zero-order valence-electron chi connectivity index (χ0n) is 9.20. The van der Waals surface area contributed by atoms with Crippen molar-refractivity contribution in [2.75, 3.05) is 0 Å². The summed E-state index contributed by atoms with van der Waals surface area (Å²) in [7, 11) is 0. The molecule has 0 aliphatic rings. The van der Waals surface area contributed by atoms with Crippen molar-refractivity contribution in [1.82, 2.24) is 4.98 Å². The Hall–Kier alpha value is -1.36. The van der Waals surface area contributed by atoms with E-state index in [0.29, 0.717) is 17.4 Å². The molecule has 0 amide bonds. The number of nitriles is 1. The van der Waals surface area contributed by atoms with Crippen LogP contribution in [0.4, 0.5) is 0 Å². The van der Waals surface area contributed by atoms with E-state index in [1.807, 2.05) is 12.3 Å². The molecule has 0 aliphatic carbocycles. The van der Waals surface area contributed by atoms with Crippen molar-refractivity contribution in [3.05, 3.63) is 29.1 Å². The van der Waals surface area contributed by atoms with Crippen LogP contribution in [0, 0.1) is 11.3 Å². The van der Waals surface area contributed by atoms with Crippen molar-refractivity contribution in [3.8, 4) is 6.07 Å². The summed E-state index contributed by atoms with van der Waals surface area (Å²) in [4.78, 5) is 4.35. The molecule has 74 valence electrons. The third-order valence-corrected chi connectivity index (χ3v) is 2.27. The van der Waals surface area contributed by atoms with Crippen LogP contribution in [0.5, 0.6) is 0 Å². The van der Waals surface area contributed by atoms with E-state index in [0.717, 1.165) is 11.3 Å². The molecule has 0 aromatic carbocycles. The highest BCUT2D eigenvalue weighted by molar-refractivity contribution is 5.38. The van der Waals surface area contributed by atoms with E-state index in [1.165, 1.54) is 0 Å². The molecule has 0 bridgehead atoms. The van der Waals surface area contributed by atoms with Gasteiger partial charge in [-0.2, -0.15) is 5.26 Å². The Balaban J connectivity index is 3.20. The minimum absolute atomic E-state index is 0.311. The van der Waals surface area contributed by atoms with Gasteiger partial charge in [0.2, 0.25) is 0 Å². The molecule has 0 fully saturated rings. The van der Waals surface area contributed by atoms with Gasteiger partial charge in [-0.3, -0.25) is 4.98 Å².